The van der Waals surface area contributed by atoms with E-state index in [9.17, 15) is 14.4 Å². The zero-order valence-electron chi connectivity index (χ0n) is 16.1. The number of hydrogen-bond donors (Lipinski definition) is 2. The number of carbonyl (C=O) groups excluding carboxylic acids is 2. The average molecular weight is 560 g/mol. The first kappa shape index (κ1) is 24.0. The molecular weight excluding hydrogens is 547 g/mol. The summed E-state index contributed by atoms with van der Waals surface area (Å²) >= 11 is 20.7. The van der Waals surface area contributed by atoms with Crippen molar-refractivity contribution in [1.29, 1.82) is 0 Å². The van der Waals surface area contributed by atoms with Crippen molar-refractivity contribution in [3.05, 3.63) is 56.0 Å². The molecule has 0 radical (unpaired) electrons. The molecule has 2 N–H and O–H groups in total. The van der Waals surface area contributed by atoms with Crippen LogP contribution < -0.4 is 19.7 Å². The Kier molecular flexibility index (Phi) is 7.40. The number of ether oxygens (including phenoxy) is 2. The van der Waals surface area contributed by atoms with E-state index in [-0.39, 0.29) is 37.9 Å². The number of rotatable bonds is 6. The summed E-state index contributed by atoms with van der Waals surface area (Å²) in [5.41, 5.74) is 0.402. The molecule has 0 spiro atoms. The van der Waals surface area contributed by atoms with Crippen LogP contribution in [0.2, 0.25) is 10.0 Å². The molecule has 2 aromatic carbocycles. The lowest BCUT2D eigenvalue weighted by molar-refractivity contribution is -0.139. The maximum atomic E-state index is 13.2. The molecule has 32 heavy (non-hydrogen) atoms. The molecule has 1 fully saturated rings. The van der Waals surface area contributed by atoms with Crippen molar-refractivity contribution in [1.82, 2.24) is 5.32 Å². The monoisotopic (exact) mass is 558 g/mol. The van der Waals surface area contributed by atoms with E-state index in [1.165, 1.54) is 25.3 Å². The predicted octanol–water partition coefficient (Wildman–Crippen LogP) is 4.06. The number of nitrogens with zero attached hydrogens (tertiary/aromatic N) is 1. The number of hydrogen-bond acceptors (Lipinski definition) is 6. The second kappa shape index (κ2) is 9.86. The number of aliphatic carboxylic acids is 1. The lowest BCUT2D eigenvalue weighted by Gasteiger charge is -2.29. The Morgan fingerprint density at radius 1 is 1.31 bits per heavy atom. The van der Waals surface area contributed by atoms with Crippen LogP contribution in [0.5, 0.6) is 11.5 Å². The summed E-state index contributed by atoms with van der Waals surface area (Å²) in [6.07, 6.45) is 1.33. The van der Waals surface area contributed by atoms with Crippen LogP contribution in [0.1, 0.15) is 5.56 Å². The van der Waals surface area contributed by atoms with Crippen LogP contribution in [0.25, 0.3) is 6.08 Å². The first-order chi connectivity index (χ1) is 15.1. The summed E-state index contributed by atoms with van der Waals surface area (Å²) in [5, 5.41) is 11.5. The van der Waals surface area contributed by atoms with E-state index in [0.717, 1.165) is 4.90 Å². The van der Waals surface area contributed by atoms with E-state index in [1.807, 2.05) is 0 Å². The van der Waals surface area contributed by atoms with Gasteiger partial charge in [-0.05, 0) is 64.1 Å². The van der Waals surface area contributed by atoms with Crippen molar-refractivity contribution in [2.24, 2.45) is 0 Å². The number of thiocarbonyl (C=S) groups is 1. The smallest absolute Gasteiger partial charge is 0.341 e. The highest BCUT2D eigenvalue weighted by Gasteiger charge is 2.35. The number of carbonyl (C=O) groups is 3. The summed E-state index contributed by atoms with van der Waals surface area (Å²) in [6.45, 7) is -0.580. The minimum atomic E-state index is -1.16. The van der Waals surface area contributed by atoms with Gasteiger partial charge in [-0.1, -0.05) is 29.3 Å². The molecule has 8 nitrogen and oxygen atoms in total. The predicted molar refractivity (Wildman–Crippen MR) is 126 cm³/mol. The molecule has 0 aromatic heterocycles. The Bertz CT molecular complexity index is 1190. The molecule has 1 aliphatic rings. The van der Waals surface area contributed by atoms with E-state index in [2.05, 4.69) is 21.2 Å². The zero-order valence-corrected chi connectivity index (χ0v) is 20.1. The minimum absolute atomic E-state index is 0.102. The largest absolute Gasteiger partial charge is 0.493 e. The fourth-order valence-corrected chi connectivity index (χ4v) is 4.03. The summed E-state index contributed by atoms with van der Waals surface area (Å²) in [6, 6.07) is 7.72. The fourth-order valence-electron chi connectivity index (χ4n) is 2.81. The van der Waals surface area contributed by atoms with Gasteiger partial charge in [-0.15, -0.1) is 0 Å². The molecular formula is C20H13BrCl2N2O6S. The normalized spacial score (nSPS) is 15.1. The summed E-state index contributed by atoms with van der Waals surface area (Å²) in [7, 11) is 1.37. The topological polar surface area (TPSA) is 105 Å². The van der Waals surface area contributed by atoms with Gasteiger partial charge in [0.15, 0.2) is 23.2 Å². The Balaban J connectivity index is 2.03. The quantitative estimate of drug-likeness (QED) is 0.312. The lowest BCUT2D eigenvalue weighted by Crippen LogP contribution is -2.54. The van der Waals surface area contributed by atoms with Gasteiger partial charge in [0.2, 0.25) is 0 Å². The number of halogens is 3. The van der Waals surface area contributed by atoms with Crippen molar-refractivity contribution in [2.45, 2.75) is 0 Å². The third kappa shape index (κ3) is 4.88. The van der Waals surface area contributed by atoms with Gasteiger partial charge in [-0.3, -0.25) is 19.8 Å². The molecule has 166 valence electrons. The summed E-state index contributed by atoms with van der Waals surface area (Å²) < 4.78 is 10.8. The van der Waals surface area contributed by atoms with Crippen LogP contribution in [-0.4, -0.2) is 41.7 Å². The van der Waals surface area contributed by atoms with Gasteiger partial charge >= 0.3 is 5.97 Å². The van der Waals surface area contributed by atoms with Crippen LogP contribution in [0.15, 0.2) is 40.4 Å². The average Bonchev–Trinajstić information content (AvgIpc) is 2.72. The van der Waals surface area contributed by atoms with Gasteiger partial charge < -0.3 is 14.6 Å². The van der Waals surface area contributed by atoms with Crippen LogP contribution in [0.4, 0.5) is 5.69 Å². The third-order valence-electron chi connectivity index (χ3n) is 4.18. The number of carboxylic acid groups (broad SMARTS) is 1. The van der Waals surface area contributed by atoms with Crippen LogP contribution >= 0.6 is 51.3 Å². The Hall–Kier alpha value is -2.66. The SMILES string of the molecule is COc1cc(/C=C2\C(=O)NC(=S)N(c3cccc(Cl)c3Cl)C2=O)cc(Br)c1OCC(=O)O. The third-order valence-corrected chi connectivity index (χ3v) is 5.86. The molecule has 0 atom stereocenters. The molecule has 0 bridgehead atoms. The molecule has 0 unspecified atom stereocenters. The molecule has 1 saturated heterocycles. The van der Waals surface area contributed by atoms with Gasteiger partial charge in [0.1, 0.15) is 5.57 Å². The first-order valence-electron chi connectivity index (χ1n) is 8.71. The van der Waals surface area contributed by atoms with Gasteiger partial charge in [0, 0.05) is 0 Å². The molecule has 2 amide bonds. The van der Waals surface area contributed by atoms with Gasteiger partial charge in [0.25, 0.3) is 11.8 Å². The van der Waals surface area contributed by atoms with Gasteiger partial charge in [0.05, 0.1) is 27.3 Å². The van der Waals surface area contributed by atoms with Crippen molar-refractivity contribution >= 4 is 86.0 Å². The highest BCUT2D eigenvalue weighted by molar-refractivity contribution is 9.10. The van der Waals surface area contributed by atoms with Crippen LogP contribution in [-0.2, 0) is 14.4 Å². The zero-order chi connectivity index (χ0) is 23.6. The summed E-state index contributed by atoms with van der Waals surface area (Å²) in [5.74, 6) is -2.21. The van der Waals surface area contributed by atoms with Crippen molar-refractivity contribution in [3.63, 3.8) is 0 Å². The maximum absolute atomic E-state index is 13.2. The maximum Gasteiger partial charge on any atom is 0.341 e. The van der Waals surface area contributed by atoms with E-state index in [1.54, 1.807) is 18.2 Å². The number of nitrogens with one attached hydrogen (secondary N) is 1. The minimum Gasteiger partial charge on any atom is -0.493 e. The molecule has 0 saturated carbocycles. The van der Waals surface area contributed by atoms with E-state index >= 15 is 0 Å². The van der Waals surface area contributed by atoms with E-state index in [0.29, 0.717) is 10.0 Å². The second-order valence-electron chi connectivity index (χ2n) is 6.25. The molecule has 3 rings (SSSR count). The Labute approximate surface area is 205 Å². The van der Waals surface area contributed by atoms with E-state index < -0.39 is 24.4 Å². The van der Waals surface area contributed by atoms with Crippen molar-refractivity contribution in [2.75, 3.05) is 18.6 Å². The molecule has 12 heteroatoms. The standard InChI is InChI=1S/C20H13BrCl2N2O6S/c1-30-14-7-9(6-11(21)17(14)31-8-15(26)27)5-10-18(28)24-20(32)25(19(10)29)13-4-2-3-12(22)16(13)23/h2-7H,8H2,1H3,(H,26,27)(H,24,28,32)/b10-5+. The number of methoxy groups -OCH3 is 1. The van der Waals surface area contributed by atoms with Gasteiger partial charge in [-0.25, -0.2) is 4.79 Å². The molecule has 0 aliphatic carbocycles. The first-order valence-corrected chi connectivity index (χ1v) is 10.7. The number of amides is 2. The number of benzene rings is 2. The van der Waals surface area contributed by atoms with Crippen molar-refractivity contribution < 1.29 is 29.0 Å². The van der Waals surface area contributed by atoms with Crippen LogP contribution in [0.3, 0.4) is 0 Å². The Morgan fingerprint density at radius 2 is 2.03 bits per heavy atom. The molecule has 2 aromatic rings. The number of carboxylic acids is 1. The Morgan fingerprint density at radius 3 is 2.69 bits per heavy atom. The number of anilines is 1. The second-order valence-corrected chi connectivity index (χ2v) is 8.27. The van der Waals surface area contributed by atoms with Gasteiger partial charge in [-0.2, -0.15) is 0 Å². The highest BCUT2D eigenvalue weighted by Crippen LogP contribution is 2.38. The summed E-state index contributed by atoms with van der Waals surface area (Å²) in [4.78, 5) is 37.6. The fraction of sp³-hybridized carbons (Fsp3) is 0.100. The highest BCUT2D eigenvalue weighted by atomic mass is 79.9. The van der Waals surface area contributed by atoms with E-state index in [4.69, 9.17) is 50.0 Å². The van der Waals surface area contributed by atoms with Crippen molar-refractivity contribution in [3.8, 4) is 11.5 Å². The molecule has 1 aliphatic heterocycles. The molecule has 1 heterocycles. The van der Waals surface area contributed by atoms with Crippen LogP contribution in [0, 0.1) is 0 Å². The lowest BCUT2D eigenvalue weighted by atomic mass is 10.1.